The molecular formula is C13H15F3N2O2. The second-order valence-corrected chi connectivity index (χ2v) is 4.52. The van der Waals surface area contributed by atoms with E-state index in [9.17, 15) is 18.0 Å². The summed E-state index contributed by atoms with van der Waals surface area (Å²) in [4.78, 5) is 11.8. The van der Waals surface area contributed by atoms with Crippen LogP contribution in [0.2, 0.25) is 0 Å². The van der Waals surface area contributed by atoms with Crippen molar-refractivity contribution in [3.05, 3.63) is 29.8 Å². The zero-order valence-corrected chi connectivity index (χ0v) is 10.7. The van der Waals surface area contributed by atoms with Gasteiger partial charge in [0.2, 0.25) is 5.91 Å². The molecule has 2 N–H and O–H groups in total. The highest BCUT2D eigenvalue weighted by Crippen LogP contribution is 2.34. The van der Waals surface area contributed by atoms with Gasteiger partial charge >= 0.3 is 6.18 Å². The number of carbonyl (C=O) groups is 1. The lowest BCUT2D eigenvalue weighted by Crippen LogP contribution is -2.43. The van der Waals surface area contributed by atoms with Crippen molar-refractivity contribution in [2.45, 2.75) is 18.6 Å². The Hall–Kier alpha value is -1.60. The second-order valence-electron chi connectivity index (χ2n) is 4.52. The van der Waals surface area contributed by atoms with E-state index in [1.54, 1.807) is 0 Å². The molecule has 1 aliphatic heterocycles. The molecule has 0 radical (unpaired) electrons. The van der Waals surface area contributed by atoms with Crippen LogP contribution in [0.25, 0.3) is 0 Å². The van der Waals surface area contributed by atoms with Gasteiger partial charge in [0.05, 0.1) is 24.5 Å². The van der Waals surface area contributed by atoms with Gasteiger partial charge in [-0.15, -0.1) is 0 Å². The summed E-state index contributed by atoms with van der Waals surface area (Å²) >= 11 is 0. The smallest absolute Gasteiger partial charge is 0.378 e. The van der Waals surface area contributed by atoms with Crippen molar-refractivity contribution in [1.82, 2.24) is 5.32 Å². The molecule has 1 aromatic carbocycles. The average Bonchev–Trinajstić information content (AvgIpc) is 2.39. The van der Waals surface area contributed by atoms with Crippen LogP contribution in [-0.4, -0.2) is 31.7 Å². The third kappa shape index (κ3) is 3.94. The zero-order valence-electron chi connectivity index (χ0n) is 10.7. The van der Waals surface area contributed by atoms with Crippen LogP contribution >= 0.6 is 0 Å². The fraction of sp³-hybridized carbons (Fsp3) is 0.462. The normalized spacial score (nSPS) is 19.6. The maximum Gasteiger partial charge on any atom is 0.418 e. The van der Waals surface area contributed by atoms with E-state index < -0.39 is 17.6 Å². The Morgan fingerprint density at radius 2 is 2.15 bits per heavy atom. The average molecular weight is 288 g/mol. The Morgan fingerprint density at radius 1 is 1.40 bits per heavy atom. The van der Waals surface area contributed by atoms with Crippen LogP contribution in [0.1, 0.15) is 12.0 Å². The van der Waals surface area contributed by atoms with Crippen molar-refractivity contribution in [2.24, 2.45) is 0 Å². The van der Waals surface area contributed by atoms with Crippen molar-refractivity contribution >= 4 is 11.6 Å². The minimum atomic E-state index is -4.49. The number of alkyl halides is 3. The van der Waals surface area contributed by atoms with Crippen LogP contribution in [0.4, 0.5) is 18.9 Å². The second kappa shape index (κ2) is 6.23. The highest BCUT2D eigenvalue weighted by atomic mass is 19.4. The van der Waals surface area contributed by atoms with Crippen molar-refractivity contribution < 1.29 is 22.7 Å². The summed E-state index contributed by atoms with van der Waals surface area (Å²) in [5.41, 5.74) is -1.07. The van der Waals surface area contributed by atoms with Gasteiger partial charge in [-0.3, -0.25) is 4.79 Å². The molecule has 20 heavy (non-hydrogen) atoms. The van der Waals surface area contributed by atoms with Gasteiger partial charge in [0.25, 0.3) is 0 Å². The lowest BCUT2D eigenvalue weighted by Gasteiger charge is -2.23. The van der Waals surface area contributed by atoms with Crippen molar-refractivity contribution in [3.8, 4) is 0 Å². The first kappa shape index (κ1) is 14.8. The maximum atomic E-state index is 12.8. The largest absolute Gasteiger partial charge is 0.418 e. The number of amides is 1. The van der Waals surface area contributed by atoms with Crippen LogP contribution in [-0.2, 0) is 15.7 Å². The standard InChI is InChI=1S/C13H15F3N2O2/c14-13(15,16)10-3-1-2-4-11(10)18-12(19)7-9-8-20-6-5-17-9/h1-4,9,17H,5-8H2,(H,18,19). The van der Waals surface area contributed by atoms with Crippen molar-refractivity contribution in [1.29, 1.82) is 0 Å². The highest BCUT2D eigenvalue weighted by Gasteiger charge is 2.33. The number of morpholine rings is 1. The van der Waals surface area contributed by atoms with E-state index in [1.165, 1.54) is 18.2 Å². The summed E-state index contributed by atoms with van der Waals surface area (Å²) in [6.07, 6.45) is -4.41. The Labute approximate surface area is 114 Å². The number of para-hydroxylation sites is 1. The maximum absolute atomic E-state index is 12.8. The molecule has 0 aliphatic carbocycles. The van der Waals surface area contributed by atoms with Gasteiger partial charge in [0.15, 0.2) is 0 Å². The molecule has 0 aromatic heterocycles. The lowest BCUT2D eigenvalue weighted by molar-refractivity contribution is -0.137. The van der Waals surface area contributed by atoms with E-state index in [0.717, 1.165) is 6.07 Å². The van der Waals surface area contributed by atoms with E-state index in [0.29, 0.717) is 19.8 Å². The van der Waals surface area contributed by atoms with E-state index in [1.807, 2.05) is 0 Å². The molecule has 1 fully saturated rings. The van der Waals surface area contributed by atoms with Gasteiger partial charge in [-0.05, 0) is 12.1 Å². The van der Waals surface area contributed by atoms with Crippen molar-refractivity contribution in [2.75, 3.05) is 25.1 Å². The van der Waals surface area contributed by atoms with E-state index in [-0.39, 0.29) is 18.2 Å². The molecule has 1 heterocycles. The first-order valence-corrected chi connectivity index (χ1v) is 6.24. The molecule has 0 bridgehead atoms. The molecule has 7 heteroatoms. The molecule has 110 valence electrons. The van der Waals surface area contributed by atoms with Gasteiger partial charge < -0.3 is 15.4 Å². The summed E-state index contributed by atoms with van der Waals surface area (Å²) in [6, 6.07) is 4.76. The molecule has 1 unspecified atom stereocenters. The minimum absolute atomic E-state index is 0.0756. The molecule has 1 aliphatic rings. The van der Waals surface area contributed by atoms with Gasteiger partial charge in [-0.2, -0.15) is 13.2 Å². The molecule has 1 aromatic rings. The predicted molar refractivity (Wildman–Crippen MR) is 67.3 cm³/mol. The number of ether oxygens (including phenoxy) is 1. The fourth-order valence-corrected chi connectivity index (χ4v) is 2.02. The number of anilines is 1. The number of nitrogens with one attached hydrogen (secondary N) is 2. The predicted octanol–water partition coefficient (Wildman–Crippen LogP) is 2.02. The van der Waals surface area contributed by atoms with Gasteiger partial charge in [0.1, 0.15) is 0 Å². The summed E-state index contributed by atoms with van der Waals surface area (Å²) in [5.74, 6) is -0.468. The highest BCUT2D eigenvalue weighted by molar-refractivity contribution is 5.92. The number of halogens is 3. The first-order valence-electron chi connectivity index (χ1n) is 6.24. The number of benzene rings is 1. The number of hydrogen-bond acceptors (Lipinski definition) is 3. The van der Waals surface area contributed by atoms with Crippen LogP contribution in [0.15, 0.2) is 24.3 Å². The van der Waals surface area contributed by atoms with Gasteiger partial charge in [-0.25, -0.2) is 0 Å². The van der Waals surface area contributed by atoms with Crippen LogP contribution in [0, 0.1) is 0 Å². The zero-order chi connectivity index (χ0) is 14.6. The molecule has 0 spiro atoms. The molecule has 1 atom stereocenters. The van der Waals surface area contributed by atoms with E-state index in [2.05, 4.69) is 10.6 Å². The molecule has 2 rings (SSSR count). The van der Waals surface area contributed by atoms with Crippen LogP contribution < -0.4 is 10.6 Å². The fourth-order valence-electron chi connectivity index (χ4n) is 2.02. The SMILES string of the molecule is O=C(CC1COCCN1)Nc1ccccc1C(F)(F)F. The Bertz CT molecular complexity index is 471. The molecule has 1 saturated heterocycles. The third-order valence-corrected chi connectivity index (χ3v) is 2.94. The van der Waals surface area contributed by atoms with Gasteiger partial charge in [0, 0.05) is 19.0 Å². The summed E-state index contributed by atoms with van der Waals surface area (Å²) < 4.78 is 43.5. The van der Waals surface area contributed by atoms with Crippen molar-refractivity contribution in [3.63, 3.8) is 0 Å². The quantitative estimate of drug-likeness (QED) is 0.894. The summed E-state index contributed by atoms with van der Waals surface area (Å²) in [5, 5.41) is 5.38. The minimum Gasteiger partial charge on any atom is -0.378 e. The molecular weight excluding hydrogens is 273 g/mol. The molecule has 1 amide bonds. The van der Waals surface area contributed by atoms with Gasteiger partial charge in [-0.1, -0.05) is 12.1 Å². The topological polar surface area (TPSA) is 50.4 Å². The van der Waals surface area contributed by atoms with E-state index in [4.69, 9.17) is 4.74 Å². The molecule has 0 saturated carbocycles. The lowest BCUT2D eigenvalue weighted by atomic mass is 10.1. The Morgan fingerprint density at radius 3 is 2.80 bits per heavy atom. The van der Waals surface area contributed by atoms with E-state index >= 15 is 0 Å². The monoisotopic (exact) mass is 288 g/mol. The molecule has 4 nitrogen and oxygen atoms in total. The third-order valence-electron chi connectivity index (χ3n) is 2.94. The van der Waals surface area contributed by atoms with Crippen LogP contribution in [0.3, 0.4) is 0 Å². The van der Waals surface area contributed by atoms with Crippen LogP contribution in [0.5, 0.6) is 0 Å². The number of rotatable bonds is 3. The number of hydrogen-bond donors (Lipinski definition) is 2. The Balaban J connectivity index is 2.00. The number of carbonyl (C=O) groups excluding carboxylic acids is 1. The first-order chi connectivity index (χ1) is 9.47. The summed E-state index contributed by atoms with van der Waals surface area (Å²) in [6.45, 7) is 1.60. The Kier molecular flexibility index (Phi) is 4.61. The summed E-state index contributed by atoms with van der Waals surface area (Å²) in [7, 11) is 0.